The number of ether oxygens (including phenoxy) is 1. The lowest BCUT2D eigenvalue weighted by atomic mass is 10.0. The van der Waals surface area contributed by atoms with E-state index in [4.69, 9.17) is 9.84 Å². The first-order valence-corrected chi connectivity index (χ1v) is 7.20. The summed E-state index contributed by atoms with van der Waals surface area (Å²) < 4.78 is 5.38. The molecule has 21 heavy (non-hydrogen) atoms. The molecule has 1 amide bonds. The zero-order valence-electron chi connectivity index (χ0n) is 12.4. The predicted molar refractivity (Wildman–Crippen MR) is 78.4 cm³/mol. The largest absolute Gasteiger partial charge is 0.481 e. The number of amides is 1. The van der Waals surface area contributed by atoms with E-state index >= 15 is 0 Å². The van der Waals surface area contributed by atoms with Gasteiger partial charge in [0.05, 0.1) is 19.1 Å². The number of hydrogen-bond donors (Lipinski definition) is 1. The average Bonchev–Trinajstić information content (AvgIpc) is 2.46. The summed E-state index contributed by atoms with van der Waals surface area (Å²) in [7, 11) is 0. The third kappa shape index (κ3) is 4.04. The Kier molecular flexibility index (Phi) is 4.96. The monoisotopic (exact) mass is 291 g/mol. The van der Waals surface area contributed by atoms with Crippen molar-refractivity contribution in [1.82, 2.24) is 4.90 Å². The molecule has 1 aromatic carbocycles. The lowest BCUT2D eigenvalue weighted by Crippen LogP contribution is -2.46. The minimum Gasteiger partial charge on any atom is -0.481 e. The predicted octanol–water partition coefficient (Wildman–Crippen LogP) is 2.13. The minimum atomic E-state index is -0.907. The molecule has 114 valence electrons. The second-order valence-corrected chi connectivity index (χ2v) is 5.62. The first kappa shape index (κ1) is 15.5. The lowest BCUT2D eigenvalue weighted by molar-refractivity contribution is -0.141. The van der Waals surface area contributed by atoms with Crippen molar-refractivity contribution in [3.63, 3.8) is 0 Å². The van der Waals surface area contributed by atoms with Gasteiger partial charge in [-0.2, -0.15) is 0 Å². The van der Waals surface area contributed by atoms with Crippen LogP contribution in [0, 0.1) is 0 Å². The summed E-state index contributed by atoms with van der Waals surface area (Å²) in [6.07, 6.45) is -0.495. The highest BCUT2D eigenvalue weighted by atomic mass is 16.5. The van der Waals surface area contributed by atoms with Gasteiger partial charge in [0.1, 0.15) is 0 Å². The highest BCUT2D eigenvalue weighted by Gasteiger charge is 2.26. The zero-order chi connectivity index (χ0) is 15.4. The van der Waals surface area contributed by atoms with Crippen LogP contribution in [0.15, 0.2) is 24.3 Å². The Hall–Kier alpha value is -1.88. The SMILES string of the molecule is CC(C)c1ccc(C(=O)N2CCOC(CC(=O)O)C2)cc1. The fourth-order valence-corrected chi connectivity index (χ4v) is 2.42. The van der Waals surface area contributed by atoms with E-state index in [1.807, 2.05) is 24.3 Å². The molecular weight excluding hydrogens is 270 g/mol. The van der Waals surface area contributed by atoms with Crippen LogP contribution in [0.2, 0.25) is 0 Å². The van der Waals surface area contributed by atoms with E-state index in [9.17, 15) is 9.59 Å². The molecule has 0 saturated carbocycles. The molecule has 1 aromatic rings. The van der Waals surface area contributed by atoms with Gasteiger partial charge >= 0.3 is 5.97 Å². The molecule has 1 atom stereocenters. The summed E-state index contributed by atoms with van der Waals surface area (Å²) in [6, 6.07) is 7.60. The molecule has 0 spiro atoms. The van der Waals surface area contributed by atoms with Crippen LogP contribution in [-0.4, -0.2) is 47.7 Å². The number of morpholine rings is 1. The summed E-state index contributed by atoms with van der Waals surface area (Å²) in [5.74, 6) is -0.544. The molecule has 1 aliphatic heterocycles. The standard InChI is InChI=1S/C16H21NO4/c1-11(2)12-3-5-13(6-4-12)16(20)17-7-8-21-14(10-17)9-15(18)19/h3-6,11,14H,7-10H2,1-2H3,(H,18,19). The number of hydrogen-bond acceptors (Lipinski definition) is 3. The van der Waals surface area contributed by atoms with Gasteiger partial charge in [0.15, 0.2) is 0 Å². The Balaban J connectivity index is 2.03. The van der Waals surface area contributed by atoms with Crippen molar-refractivity contribution < 1.29 is 19.4 Å². The van der Waals surface area contributed by atoms with E-state index in [0.717, 1.165) is 0 Å². The van der Waals surface area contributed by atoms with Crippen LogP contribution in [0.3, 0.4) is 0 Å². The number of aliphatic carboxylic acids is 1. The Morgan fingerprint density at radius 2 is 2.00 bits per heavy atom. The topological polar surface area (TPSA) is 66.8 Å². The molecule has 0 aliphatic carbocycles. The summed E-state index contributed by atoms with van der Waals surface area (Å²) in [5.41, 5.74) is 1.83. The molecule has 1 fully saturated rings. The van der Waals surface area contributed by atoms with Crippen LogP contribution in [0.1, 0.15) is 42.1 Å². The van der Waals surface area contributed by atoms with Crippen LogP contribution in [-0.2, 0) is 9.53 Å². The average molecular weight is 291 g/mol. The van der Waals surface area contributed by atoms with Crippen LogP contribution < -0.4 is 0 Å². The molecule has 0 bridgehead atoms. The van der Waals surface area contributed by atoms with Crippen molar-refractivity contribution in [2.24, 2.45) is 0 Å². The Morgan fingerprint density at radius 1 is 1.33 bits per heavy atom. The number of carbonyl (C=O) groups excluding carboxylic acids is 1. The van der Waals surface area contributed by atoms with Crippen molar-refractivity contribution in [2.45, 2.75) is 32.3 Å². The van der Waals surface area contributed by atoms with E-state index in [-0.39, 0.29) is 12.3 Å². The van der Waals surface area contributed by atoms with Crippen molar-refractivity contribution in [2.75, 3.05) is 19.7 Å². The fraction of sp³-hybridized carbons (Fsp3) is 0.500. The number of carboxylic acids is 1. The number of carbonyl (C=O) groups is 2. The third-order valence-corrected chi connectivity index (χ3v) is 3.65. The van der Waals surface area contributed by atoms with Crippen LogP contribution >= 0.6 is 0 Å². The summed E-state index contributed by atoms with van der Waals surface area (Å²) in [6.45, 7) is 5.43. The van der Waals surface area contributed by atoms with Gasteiger partial charge in [0.25, 0.3) is 5.91 Å². The van der Waals surface area contributed by atoms with Gasteiger partial charge < -0.3 is 14.7 Å². The van der Waals surface area contributed by atoms with Gasteiger partial charge in [-0.05, 0) is 23.6 Å². The van der Waals surface area contributed by atoms with E-state index < -0.39 is 12.1 Å². The van der Waals surface area contributed by atoms with Crippen molar-refractivity contribution in [1.29, 1.82) is 0 Å². The van der Waals surface area contributed by atoms with E-state index in [0.29, 0.717) is 31.2 Å². The highest BCUT2D eigenvalue weighted by molar-refractivity contribution is 5.94. The van der Waals surface area contributed by atoms with E-state index in [1.165, 1.54) is 5.56 Å². The van der Waals surface area contributed by atoms with Crippen molar-refractivity contribution in [3.8, 4) is 0 Å². The molecule has 1 unspecified atom stereocenters. The van der Waals surface area contributed by atoms with Crippen LogP contribution in [0.5, 0.6) is 0 Å². The zero-order valence-corrected chi connectivity index (χ0v) is 12.4. The maximum absolute atomic E-state index is 12.4. The fourth-order valence-electron chi connectivity index (χ4n) is 2.42. The molecular formula is C16H21NO4. The molecule has 0 aromatic heterocycles. The van der Waals surface area contributed by atoms with Gasteiger partial charge in [0.2, 0.25) is 0 Å². The molecule has 1 heterocycles. The van der Waals surface area contributed by atoms with Crippen LogP contribution in [0.4, 0.5) is 0 Å². The number of carboxylic acid groups (broad SMARTS) is 1. The van der Waals surface area contributed by atoms with Gasteiger partial charge in [-0.1, -0.05) is 26.0 Å². The molecule has 1 aliphatic rings. The summed E-state index contributed by atoms with van der Waals surface area (Å²) >= 11 is 0. The molecule has 1 N–H and O–H groups in total. The molecule has 5 nitrogen and oxygen atoms in total. The van der Waals surface area contributed by atoms with Gasteiger partial charge in [0, 0.05) is 18.7 Å². The Morgan fingerprint density at radius 3 is 2.57 bits per heavy atom. The first-order valence-electron chi connectivity index (χ1n) is 7.20. The lowest BCUT2D eigenvalue weighted by Gasteiger charge is -2.32. The van der Waals surface area contributed by atoms with Gasteiger partial charge in [-0.25, -0.2) is 0 Å². The maximum Gasteiger partial charge on any atom is 0.306 e. The smallest absolute Gasteiger partial charge is 0.306 e. The summed E-state index contributed by atoms with van der Waals surface area (Å²) in [4.78, 5) is 24.8. The Bertz CT molecular complexity index is 510. The van der Waals surface area contributed by atoms with Crippen LogP contribution in [0.25, 0.3) is 0 Å². The minimum absolute atomic E-state index is 0.0657. The second-order valence-electron chi connectivity index (χ2n) is 5.62. The summed E-state index contributed by atoms with van der Waals surface area (Å²) in [5, 5.41) is 8.81. The first-order chi connectivity index (χ1) is 9.97. The quantitative estimate of drug-likeness (QED) is 0.922. The van der Waals surface area contributed by atoms with E-state index in [2.05, 4.69) is 13.8 Å². The molecule has 5 heteroatoms. The van der Waals surface area contributed by atoms with Gasteiger partial charge in [-0.3, -0.25) is 9.59 Å². The third-order valence-electron chi connectivity index (χ3n) is 3.65. The number of nitrogens with zero attached hydrogens (tertiary/aromatic N) is 1. The molecule has 2 rings (SSSR count). The second kappa shape index (κ2) is 6.72. The molecule has 0 radical (unpaired) electrons. The van der Waals surface area contributed by atoms with Gasteiger partial charge in [-0.15, -0.1) is 0 Å². The highest BCUT2D eigenvalue weighted by Crippen LogP contribution is 2.17. The van der Waals surface area contributed by atoms with Crippen molar-refractivity contribution in [3.05, 3.63) is 35.4 Å². The normalized spacial score (nSPS) is 18.8. The van der Waals surface area contributed by atoms with E-state index in [1.54, 1.807) is 4.90 Å². The maximum atomic E-state index is 12.4. The van der Waals surface area contributed by atoms with Crippen molar-refractivity contribution >= 4 is 11.9 Å². The number of rotatable bonds is 4. The number of benzene rings is 1. The Labute approximate surface area is 124 Å². The molecule has 1 saturated heterocycles.